The molecule has 2 unspecified atom stereocenters. The monoisotopic (exact) mass is 494 g/mol. The summed E-state index contributed by atoms with van der Waals surface area (Å²) in [5.41, 5.74) is 4.70. The van der Waals surface area contributed by atoms with Gasteiger partial charge in [-0.3, -0.25) is 20.0 Å². The average molecular weight is 496 g/mol. The Hall–Kier alpha value is -2.32. The fourth-order valence-corrected chi connectivity index (χ4v) is 4.59. The van der Waals surface area contributed by atoms with Crippen molar-refractivity contribution in [1.29, 1.82) is 0 Å². The highest BCUT2D eigenvalue weighted by Crippen LogP contribution is 2.39. The van der Waals surface area contributed by atoms with Crippen molar-refractivity contribution < 1.29 is 14.7 Å². The number of carbonyl (C=O) groups is 2. The van der Waals surface area contributed by atoms with Gasteiger partial charge in [0.15, 0.2) is 0 Å². The molecule has 0 aromatic heterocycles. The molecule has 2 N–H and O–H groups in total. The normalized spacial score (nSPS) is 21.3. The maximum absolute atomic E-state index is 13.0. The lowest BCUT2D eigenvalue weighted by Crippen LogP contribution is -2.50. The number of hydrazine groups is 1. The van der Waals surface area contributed by atoms with Gasteiger partial charge in [-0.2, -0.15) is 5.10 Å². The van der Waals surface area contributed by atoms with Gasteiger partial charge in [0, 0.05) is 29.6 Å². The third kappa shape index (κ3) is 5.02. The largest absolute Gasteiger partial charge is 0.481 e. The first-order valence-electron chi connectivity index (χ1n) is 10.2. The number of aliphatic carboxylic acids is 1. The summed E-state index contributed by atoms with van der Waals surface area (Å²) in [4.78, 5) is 24.3. The molecule has 0 radical (unpaired) electrons. The maximum atomic E-state index is 13.0. The Morgan fingerprint density at radius 2 is 1.78 bits per heavy atom. The topological polar surface area (TPSA) is 85.2 Å². The van der Waals surface area contributed by atoms with Gasteiger partial charge in [0.2, 0.25) is 0 Å². The molecule has 32 heavy (non-hydrogen) atoms. The predicted octanol–water partition coefficient (Wildman–Crippen LogP) is 4.78. The number of rotatable bonds is 5. The second kappa shape index (κ2) is 9.67. The molecule has 2 aliphatic rings. The molecule has 7 nitrogen and oxygen atoms in total. The molecule has 0 saturated carbocycles. The van der Waals surface area contributed by atoms with Crippen LogP contribution in [0.4, 0.5) is 5.69 Å². The van der Waals surface area contributed by atoms with E-state index in [9.17, 15) is 14.7 Å². The first-order chi connectivity index (χ1) is 15.3. The van der Waals surface area contributed by atoms with Gasteiger partial charge in [-0.15, -0.1) is 0 Å². The number of nitrogens with zero attached hydrogens (tertiary/aromatic N) is 3. The van der Waals surface area contributed by atoms with Crippen LogP contribution >= 0.6 is 34.8 Å². The third-order valence-electron chi connectivity index (χ3n) is 5.61. The molecule has 2 aromatic carbocycles. The zero-order valence-electron chi connectivity index (χ0n) is 17.0. The molecule has 168 valence electrons. The Kier molecular flexibility index (Phi) is 6.90. The van der Waals surface area contributed by atoms with E-state index in [1.807, 2.05) is 12.1 Å². The van der Waals surface area contributed by atoms with Gasteiger partial charge in [-0.1, -0.05) is 46.9 Å². The SMILES string of the molecule is O=C(NN1CCCC(C(=O)O)C1)C1=NN(c2ccc(Cl)cc2Cl)C(c2ccc(Cl)cc2)C1. The lowest BCUT2D eigenvalue weighted by Gasteiger charge is -2.30. The number of carboxylic acid groups (broad SMARTS) is 1. The van der Waals surface area contributed by atoms with Gasteiger partial charge in [0.05, 0.1) is 22.7 Å². The number of hydrazone groups is 1. The first-order valence-corrected chi connectivity index (χ1v) is 11.3. The Balaban J connectivity index is 1.58. The van der Waals surface area contributed by atoms with E-state index in [1.54, 1.807) is 40.3 Å². The standard InChI is InChI=1S/C22H21Cl3N4O3/c23-15-5-3-13(4-6-15)20-11-18(26-29(20)19-8-7-16(24)10-17(19)25)21(30)27-28-9-1-2-14(12-28)22(31)32/h3-8,10,14,20H,1-2,9,11-12H2,(H,27,30)(H,31,32). The summed E-state index contributed by atoms with van der Waals surface area (Å²) in [6.07, 6.45) is 1.65. The molecule has 1 fully saturated rings. The quantitative estimate of drug-likeness (QED) is 0.623. The summed E-state index contributed by atoms with van der Waals surface area (Å²) in [5, 5.41) is 18.8. The van der Waals surface area contributed by atoms with Crippen molar-refractivity contribution in [2.75, 3.05) is 18.1 Å². The number of piperidine rings is 1. The van der Waals surface area contributed by atoms with Gasteiger partial charge >= 0.3 is 5.97 Å². The van der Waals surface area contributed by atoms with Crippen LogP contribution in [0.3, 0.4) is 0 Å². The van der Waals surface area contributed by atoms with E-state index in [2.05, 4.69) is 10.5 Å². The molecule has 1 saturated heterocycles. The molecule has 4 rings (SSSR count). The van der Waals surface area contributed by atoms with Crippen molar-refractivity contribution >= 4 is 58.1 Å². The zero-order valence-corrected chi connectivity index (χ0v) is 19.2. The summed E-state index contributed by atoms with van der Waals surface area (Å²) < 4.78 is 0. The summed E-state index contributed by atoms with van der Waals surface area (Å²) in [6.45, 7) is 0.859. The number of carboxylic acids is 1. The maximum Gasteiger partial charge on any atom is 0.307 e. The van der Waals surface area contributed by atoms with Crippen molar-refractivity contribution in [3.05, 3.63) is 63.1 Å². The van der Waals surface area contributed by atoms with Crippen LogP contribution < -0.4 is 10.4 Å². The highest BCUT2D eigenvalue weighted by molar-refractivity contribution is 6.40. The van der Waals surface area contributed by atoms with E-state index in [0.29, 0.717) is 52.3 Å². The molecule has 2 aliphatic heterocycles. The van der Waals surface area contributed by atoms with E-state index in [0.717, 1.165) is 5.56 Å². The predicted molar refractivity (Wildman–Crippen MR) is 125 cm³/mol. The second-order valence-corrected chi connectivity index (χ2v) is 9.10. The van der Waals surface area contributed by atoms with Crippen LogP contribution in [0.15, 0.2) is 47.6 Å². The third-order valence-corrected chi connectivity index (χ3v) is 6.40. The van der Waals surface area contributed by atoms with Crippen LogP contribution in [0.2, 0.25) is 15.1 Å². The molecule has 2 aromatic rings. The lowest BCUT2D eigenvalue weighted by atomic mass is 9.99. The summed E-state index contributed by atoms with van der Waals surface area (Å²) in [7, 11) is 0. The minimum Gasteiger partial charge on any atom is -0.481 e. The number of hydrogen-bond donors (Lipinski definition) is 2. The highest BCUT2D eigenvalue weighted by Gasteiger charge is 2.35. The number of nitrogens with one attached hydrogen (secondary N) is 1. The Morgan fingerprint density at radius 3 is 2.47 bits per heavy atom. The Labute approximate surface area is 200 Å². The molecule has 0 spiro atoms. The smallest absolute Gasteiger partial charge is 0.307 e. The van der Waals surface area contributed by atoms with E-state index in [4.69, 9.17) is 34.8 Å². The number of anilines is 1. The Bertz CT molecular complexity index is 1060. The minimum absolute atomic E-state index is 0.264. The van der Waals surface area contributed by atoms with E-state index in [1.165, 1.54) is 0 Å². The first kappa shape index (κ1) is 22.9. The van der Waals surface area contributed by atoms with Crippen LogP contribution in [0.25, 0.3) is 0 Å². The molecule has 2 heterocycles. The van der Waals surface area contributed by atoms with Crippen molar-refractivity contribution in [2.24, 2.45) is 11.0 Å². The van der Waals surface area contributed by atoms with Crippen LogP contribution in [-0.4, -0.2) is 40.8 Å². The fraction of sp³-hybridized carbons (Fsp3) is 0.318. The van der Waals surface area contributed by atoms with Gasteiger partial charge in [-0.05, 0) is 48.7 Å². The fourth-order valence-electron chi connectivity index (χ4n) is 3.97. The molecule has 1 amide bonds. The zero-order chi connectivity index (χ0) is 22.8. The van der Waals surface area contributed by atoms with Crippen molar-refractivity contribution in [3.8, 4) is 0 Å². The van der Waals surface area contributed by atoms with Crippen molar-refractivity contribution in [1.82, 2.24) is 10.4 Å². The molecule has 0 aliphatic carbocycles. The summed E-state index contributed by atoms with van der Waals surface area (Å²) in [5.74, 6) is -1.71. The number of carbonyl (C=O) groups excluding carboxylic acids is 1. The molecular formula is C22H21Cl3N4O3. The minimum atomic E-state index is -0.853. The van der Waals surface area contributed by atoms with E-state index >= 15 is 0 Å². The number of halogens is 3. The molecule has 2 atom stereocenters. The summed E-state index contributed by atoms with van der Waals surface area (Å²) >= 11 is 18.5. The highest BCUT2D eigenvalue weighted by atomic mass is 35.5. The number of hydrogen-bond acceptors (Lipinski definition) is 5. The van der Waals surface area contributed by atoms with Crippen LogP contribution in [0.1, 0.15) is 30.9 Å². The van der Waals surface area contributed by atoms with Crippen LogP contribution in [-0.2, 0) is 9.59 Å². The van der Waals surface area contributed by atoms with Crippen LogP contribution in [0.5, 0.6) is 0 Å². The van der Waals surface area contributed by atoms with E-state index in [-0.39, 0.29) is 18.5 Å². The van der Waals surface area contributed by atoms with E-state index < -0.39 is 11.9 Å². The van der Waals surface area contributed by atoms with Gasteiger partial charge in [-0.25, -0.2) is 5.01 Å². The average Bonchev–Trinajstić information content (AvgIpc) is 3.20. The molecule has 10 heteroatoms. The van der Waals surface area contributed by atoms with Crippen LogP contribution in [0, 0.1) is 5.92 Å². The second-order valence-electron chi connectivity index (χ2n) is 7.82. The van der Waals surface area contributed by atoms with Crippen molar-refractivity contribution in [3.63, 3.8) is 0 Å². The van der Waals surface area contributed by atoms with Gasteiger partial charge < -0.3 is 5.11 Å². The molecule has 0 bridgehead atoms. The number of benzene rings is 2. The van der Waals surface area contributed by atoms with Crippen molar-refractivity contribution in [2.45, 2.75) is 25.3 Å². The number of amides is 1. The Morgan fingerprint density at radius 1 is 1.06 bits per heavy atom. The van der Waals surface area contributed by atoms with Gasteiger partial charge in [0.25, 0.3) is 5.91 Å². The summed E-state index contributed by atoms with van der Waals surface area (Å²) in [6, 6.07) is 12.2. The van der Waals surface area contributed by atoms with Gasteiger partial charge in [0.1, 0.15) is 5.71 Å². The molecular weight excluding hydrogens is 475 g/mol. The lowest BCUT2D eigenvalue weighted by molar-refractivity contribution is -0.145.